The van der Waals surface area contributed by atoms with E-state index in [-0.39, 0.29) is 0 Å². The number of anilines is 1. The fourth-order valence-corrected chi connectivity index (χ4v) is 2.44. The Labute approximate surface area is 92.3 Å². The monoisotopic (exact) mass is 204 g/mol. The molecule has 1 N–H and O–H groups in total. The van der Waals surface area contributed by atoms with Crippen LogP contribution in [0.15, 0.2) is 30.3 Å². The van der Waals surface area contributed by atoms with Gasteiger partial charge in [0, 0.05) is 24.3 Å². The Hall–Kier alpha value is -1.02. The first-order valence-electron chi connectivity index (χ1n) is 5.80. The van der Waals surface area contributed by atoms with Crippen molar-refractivity contribution < 1.29 is 0 Å². The number of nitrogens with one attached hydrogen (secondary N) is 1. The molecule has 82 valence electrons. The Kier molecular flexibility index (Phi) is 3.27. The number of benzene rings is 1. The van der Waals surface area contributed by atoms with E-state index in [1.54, 1.807) is 0 Å². The molecule has 2 nitrogen and oxygen atoms in total. The standard InChI is InChI=1S/C13H20N2/c1-11-10-12(14-2)8-9-15(11)13-6-4-3-5-7-13/h3-7,11-12,14H,8-10H2,1-2H3. The van der Waals surface area contributed by atoms with Crippen LogP contribution in [-0.2, 0) is 0 Å². The van der Waals surface area contributed by atoms with Crippen LogP contribution in [0.2, 0.25) is 0 Å². The Morgan fingerprint density at radius 2 is 2.00 bits per heavy atom. The fourth-order valence-electron chi connectivity index (χ4n) is 2.44. The predicted octanol–water partition coefficient (Wildman–Crippen LogP) is 2.26. The van der Waals surface area contributed by atoms with Gasteiger partial charge in [0.25, 0.3) is 0 Å². The Balaban J connectivity index is 2.06. The zero-order valence-electron chi connectivity index (χ0n) is 9.61. The van der Waals surface area contributed by atoms with Gasteiger partial charge in [0.1, 0.15) is 0 Å². The van der Waals surface area contributed by atoms with E-state index in [2.05, 4.69) is 54.5 Å². The smallest absolute Gasteiger partial charge is 0.0368 e. The highest BCUT2D eigenvalue weighted by atomic mass is 15.2. The lowest BCUT2D eigenvalue weighted by molar-refractivity contribution is 0.387. The molecule has 0 radical (unpaired) electrons. The largest absolute Gasteiger partial charge is 0.369 e. The molecule has 1 fully saturated rings. The second-order valence-electron chi connectivity index (χ2n) is 4.39. The molecule has 2 rings (SSSR count). The second kappa shape index (κ2) is 4.67. The molecule has 1 aromatic carbocycles. The van der Waals surface area contributed by atoms with Crippen LogP contribution < -0.4 is 10.2 Å². The van der Waals surface area contributed by atoms with Gasteiger partial charge in [-0.25, -0.2) is 0 Å². The summed E-state index contributed by atoms with van der Waals surface area (Å²) >= 11 is 0. The zero-order chi connectivity index (χ0) is 10.7. The van der Waals surface area contributed by atoms with E-state index in [0.717, 1.165) is 6.54 Å². The molecule has 2 heteroatoms. The molecular weight excluding hydrogens is 184 g/mol. The first-order chi connectivity index (χ1) is 7.31. The highest BCUT2D eigenvalue weighted by molar-refractivity contribution is 5.47. The molecule has 1 saturated heterocycles. The topological polar surface area (TPSA) is 15.3 Å². The van der Waals surface area contributed by atoms with Gasteiger partial charge in [-0.15, -0.1) is 0 Å². The lowest BCUT2D eigenvalue weighted by Gasteiger charge is -2.39. The molecular formula is C13H20N2. The number of hydrogen-bond donors (Lipinski definition) is 1. The third-order valence-electron chi connectivity index (χ3n) is 3.37. The quantitative estimate of drug-likeness (QED) is 0.795. The summed E-state index contributed by atoms with van der Waals surface area (Å²) in [4.78, 5) is 2.51. The van der Waals surface area contributed by atoms with Crippen molar-refractivity contribution in [3.63, 3.8) is 0 Å². The average molecular weight is 204 g/mol. The van der Waals surface area contributed by atoms with Crippen LogP contribution in [0.1, 0.15) is 19.8 Å². The van der Waals surface area contributed by atoms with Crippen LogP contribution >= 0.6 is 0 Å². The van der Waals surface area contributed by atoms with Crippen molar-refractivity contribution in [3.8, 4) is 0 Å². The molecule has 2 atom stereocenters. The maximum Gasteiger partial charge on any atom is 0.0368 e. The average Bonchev–Trinajstić information content (AvgIpc) is 2.30. The summed E-state index contributed by atoms with van der Waals surface area (Å²) in [5, 5.41) is 3.38. The summed E-state index contributed by atoms with van der Waals surface area (Å²) in [7, 11) is 2.07. The van der Waals surface area contributed by atoms with E-state index in [9.17, 15) is 0 Å². The molecule has 0 bridgehead atoms. The molecule has 0 aliphatic carbocycles. The number of piperidine rings is 1. The molecule has 1 heterocycles. The highest BCUT2D eigenvalue weighted by Gasteiger charge is 2.24. The molecule has 1 aliphatic heterocycles. The number of rotatable bonds is 2. The predicted molar refractivity (Wildman–Crippen MR) is 65.3 cm³/mol. The van der Waals surface area contributed by atoms with Crippen molar-refractivity contribution in [1.29, 1.82) is 0 Å². The normalized spacial score (nSPS) is 26.7. The summed E-state index contributed by atoms with van der Waals surface area (Å²) in [5.74, 6) is 0. The molecule has 2 unspecified atom stereocenters. The maximum atomic E-state index is 3.38. The van der Waals surface area contributed by atoms with Gasteiger partial charge in [0.05, 0.1) is 0 Å². The van der Waals surface area contributed by atoms with Gasteiger partial charge in [0.2, 0.25) is 0 Å². The summed E-state index contributed by atoms with van der Waals surface area (Å²) in [6.07, 6.45) is 2.49. The minimum absolute atomic E-state index is 0.638. The lowest BCUT2D eigenvalue weighted by atomic mass is 9.98. The third kappa shape index (κ3) is 2.32. The molecule has 1 aromatic rings. The van der Waals surface area contributed by atoms with Gasteiger partial charge in [-0.05, 0) is 38.9 Å². The van der Waals surface area contributed by atoms with E-state index in [1.165, 1.54) is 18.5 Å². The van der Waals surface area contributed by atoms with Crippen molar-refractivity contribution >= 4 is 5.69 Å². The number of para-hydroxylation sites is 1. The first kappa shape index (κ1) is 10.5. The van der Waals surface area contributed by atoms with Gasteiger partial charge < -0.3 is 10.2 Å². The van der Waals surface area contributed by atoms with Crippen molar-refractivity contribution in [3.05, 3.63) is 30.3 Å². The van der Waals surface area contributed by atoms with Crippen LogP contribution in [0.3, 0.4) is 0 Å². The van der Waals surface area contributed by atoms with Crippen LogP contribution in [0.25, 0.3) is 0 Å². The Morgan fingerprint density at radius 3 is 2.60 bits per heavy atom. The van der Waals surface area contributed by atoms with E-state index in [1.807, 2.05) is 0 Å². The van der Waals surface area contributed by atoms with E-state index in [0.29, 0.717) is 12.1 Å². The maximum absolute atomic E-state index is 3.38. The van der Waals surface area contributed by atoms with Crippen LogP contribution in [0.4, 0.5) is 5.69 Å². The lowest BCUT2D eigenvalue weighted by Crippen LogP contribution is -2.46. The zero-order valence-corrected chi connectivity index (χ0v) is 9.61. The van der Waals surface area contributed by atoms with Gasteiger partial charge in [-0.3, -0.25) is 0 Å². The number of hydrogen-bond acceptors (Lipinski definition) is 2. The Bertz CT molecular complexity index is 297. The van der Waals surface area contributed by atoms with Gasteiger partial charge in [0.15, 0.2) is 0 Å². The fraction of sp³-hybridized carbons (Fsp3) is 0.538. The molecule has 1 aliphatic rings. The van der Waals surface area contributed by atoms with Gasteiger partial charge in [-0.2, -0.15) is 0 Å². The van der Waals surface area contributed by atoms with E-state index >= 15 is 0 Å². The first-order valence-corrected chi connectivity index (χ1v) is 5.80. The minimum Gasteiger partial charge on any atom is -0.369 e. The van der Waals surface area contributed by atoms with E-state index in [4.69, 9.17) is 0 Å². The number of nitrogens with zero attached hydrogens (tertiary/aromatic N) is 1. The van der Waals surface area contributed by atoms with E-state index < -0.39 is 0 Å². The van der Waals surface area contributed by atoms with Crippen LogP contribution in [-0.4, -0.2) is 25.7 Å². The third-order valence-corrected chi connectivity index (χ3v) is 3.37. The molecule has 15 heavy (non-hydrogen) atoms. The summed E-state index contributed by atoms with van der Waals surface area (Å²) < 4.78 is 0. The molecule has 0 saturated carbocycles. The van der Waals surface area contributed by atoms with Crippen molar-refractivity contribution in [2.24, 2.45) is 0 Å². The molecule has 0 amide bonds. The van der Waals surface area contributed by atoms with Crippen LogP contribution in [0.5, 0.6) is 0 Å². The van der Waals surface area contributed by atoms with Crippen molar-refractivity contribution in [2.45, 2.75) is 31.8 Å². The summed E-state index contributed by atoms with van der Waals surface area (Å²) in [5.41, 5.74) is 1.36. The second-order valence-corrected chi connectivity index (χ2v) is 4.39. The SMILES string of the molecule is CNC1CCN(c2ccccc2)C(C)C1. The minimum atomic E-state index is 0.638. The van der Waals surface area contributed by atoms with Crippen molar-refractivity contribution in [1.82, 2.24) is 5.32 Å². The molecule has 0 aromatic heterocycles. The summed E-state index contributed by atoms with van der Waals surface area (Å²) in [6, 6.07) is 12.1. The van der Waals surface area contributed by atoms with Crippen LogP contribution in [0, 0.1) is 0 Å². The van der Waals surface area contributed by atoms with Gasteiger partial charge >= 0.3 is 0 Å². The van der Waals surface area contributed by atoms with Crippen molar-refractivity contribution in [2.75, 3.05) is 18.5 Å². The summed E-state index contributed by atoms with van der Waals surface area (Å²) in [6.45, 7) is 3.48. The highest BCUT2D eigenvalue weighted by Crippen LogP contribution is 2.24. The Morgan fingerprint density at radius 1 is 1.27 bits per heavy atom. The van der Waals surface area contributed by atoms with Gasteiger partial charge in [-0.1, -0.05) is 18.2 Å². The molecule has 0 spiro atoms.